The Morgan fingerprint density at radius 2 is 2.00 bits per heavy atom. The number of hydrogen-bond acceptors (Lipinski definition) is 3. The van der Waals surface area contributed by atoms with Gasteiger partial charge in [-0.15, -0.1) is 24.0 Å². The van der Waals surface area contributed by atoms with E-state index in [9.17, 15) is 13.2 Å². The summed E-state index contributed by atoms with van der Waals surface area (Å²) in [7, 11) is 1.48. The van der Waals surface area contributed by atoms with Gasteiger partial charge in [-0.25, -0.2) is 9.38 Å². The van der Waals surface area contributed by atoms with E-state index in [0.29, 0.717) is 16.5 Å². The summed E-state index contributed by atoms with van der Waals surface area (Å²) in [6.45, 7) is -3.35. The molecule has 142 valence electrons. The minimum atomic E-state index is -3.07. The number of rotatable bonds is 6. The lowest BCUT2D eigenvalue weighted by Crippen LogP contribution is -2.22. The van der Waals surface area contributed by atoms with E-state index in [-0.39, 0.29) is 47.8 Å². The average molecular weight is 502 g/mol. The maximum atomic E-state index is 13.8. The molecular formula is C16H16ClF3IN3O2. The van der Waals surface area contributed by atoms with Crippen molar-refractivity contribution in [3.05, 3.63) is 52.8 Å². The fraction of sp³-hybridized carbons (Fsp3) is 0.188. The number of methoxy groups -OCH3 is 1. The highest BCUT2D eigenvalue weighted by Crippen LogP contribution is 2.27. The molecule has 2 aromatic rings. The molecule has 2 rings (SSSR count). The Morgan fingerprint density at radius 1 is 1.27 bits per heavy atom. The Morgan fingerprint density at radius 3 is 2.62 bits per heavy atom. The normalized spacial score (nSPS) is 11.1. The van der Waals surface area contributed by atoms with Crippen LogP contribution in [0.5, 0.6) is 11.5 Å². The monoisotopic (exact) mass is 501 g/mol. The van der Waals surface area contributed by atoms with Crippen molar-refractivity contribution in [2.24, 2.45) is 10.7 Å². The van der Waals surface area contributed by atoms with Crippen LogP contribution in [-0.2, 0) is 6.54 Å². The van der Waals surface area contributed by atoms with Crippen LogP contribution in [-0.4, -0.2) is 19.7 Å². The number of guanidine groups is 1. The van der Waals surface area contributed by atoms with E-state index in [0.717, 1.165) is 6.07 Å². The molecule has 0 aliphatic heterocycles. The Bertz CT molecular complexity index is 778. The fourth-order valence-corrected chi connectivity index (χ4v) is 2.25. The van der Waals surface area contributed by atoms with E-state index in [1.165, 1.54) is 19.2 Å². The van der Waals surface area contributed by atoms with Crippen molar-refractivity contribution in [2.75, 3.05) is 12.4 Å². The van der Waals surface area contributed by atoms with E-state index in [1.54, 1.807) is 18.2 Å². The predicted molar refractivity (Wildman–Crippen MR) is 105 cm³/mol. The van der Waals surface area contributed by atoms with Gasteiger partial charge >= 0.3 is 6.61 Å². The van der Waals surface area contributed by atoms with Crippen molar-refractivity contribution in [1.82, 2.24) is 0 Å². The van der Waals surface area contributed by atoms with E-state index in [2.05, 4.69) is 15.0 Å². The standard InChI is InChI=1S/C16H15ClF3N3O2.HI/c1-24-14-6-5-9(7-11(14)17)23-16(21)22-8-10-12(18)3-2-4-13(10)25-15(19)20;/h2-7,15H,8H2,1H3,(H3,21,22,23);1H. The molecule has 0 aromatic heterocycles. The molecule has 3 N–H and O–H groups in total. The van der Waals surface area contributed by atoms with Crippen molar-refractivity contribution < 1.29 is 22.6 Å². The van der Waals surface area contributed by atoms with Crippen molar-refractivity contribution >= 4 is 47.2 Å². The number of nitrogens with one attached hydrogen (secondary N) is 1. The number of halogens is 5. The molecule has 5 nitrogen and oxygen atoms in total. The summed E-state index contributed by atoms with van der Waals surface area (Å²) < 4.78 is 47.9. The van der Waals surface area contributed by atoms with Gasteiger partial charge in [0.15, 0.2) is 5.96 Å². The zero-order valence-corrected chi connectivity index (χ0v) is 16.6. The van der Waals surface area contributed by atoms with Gasteiger partial charge in [-0.2, -0.15) is 8.78 Å². The van der Waals surface area contributed by atoms with Crippen LogP contribution < -0.4 is 20.5 Å². The predicted octanol–water partition coefficient (Wildman–Crippen LogP) is 4.63. The van der Waals surface area contributed by atoms with Gasteiger partial charge in [0.05, 0.1) is 24.2 Å². The van der Waals surface area contributed by atoms with Crippen molar-refractivity contribution in [1.29, 1.82) is 0 Å². The van der Waals surface area contributed by atoms with Crippen molar-refractivity contribution in [3.63, 3.8) is 0 Å². The first kappa shape index (κ1) is 22.2. The maximum Gasteiger partial charge on any atom is 0.387 e. The summed E-state index contributed by atoms with van der Waals surface area (Å²) in [4.78, 5) is 3.93. The molecule has 0 aliphatic carbocycles. The SMILES string of the molecule is COc1ccc(NC(N)=NCc2c(F)cccc2OC(F)F)cc1Cl.I. The molecule has 0 unspecified atom stereocenters. The summed E-state index contributed by atoms with van der Waals surface area (Å²) in [5, 5.41) is 3.12. The van der Waals surface area contributed by atoms with Crippen LogP contribution >= 0.6 is 35.6 Å². The molecule has 0 fully saturated rings. The molecule has 0 bridgehead atoms. The van der Waals surface area contributed by atoms with Crippen molar-refractivity contribution in [2.45, 2.75) is 13.2 Å². The second kappa shape index (κ2) is 10.3. The fourth-order valence-electron chi connectivity index (χ4n) is 1.99. The highest BCUT2D eigenvalue weighted by atomic mass is 127. The Kier molecular flexibility index (Phi) is 8.79. The summed E-state index contributed by atoms with van der Waals surface area (Å²) >= 11 is 5.99. The summed E-state index contributed by atoms with van der Waals surface area (Å²) in [5.41, 5.74) is 6.14. The first-order valence-electron chi connectivity index (χ1n) is 7.03. The van der Waals surface area contributed by atoms with Gasteiger partial charge in [-0.1, -0.05) is 17.7 Å². The highest BCUT2D eigenvalue weighted by Gasteiger charge is 2.13. The molecule has 26 heavy (non-hydrogen) atoms. The zero-order valence-electron chi connectivity index (χ0n) is 13.5. The highest BCUT2D eigenvalue weighted by molar-refractivity contribution is 14.0. The van der Waals surface area contributed by atoms with Crippen LogP contribution in [0.3, 0.4) is 0 Å². The lowest BCUT2D eigenvalue weighted by molar-refractivity contribution is -0.0506. The van der Waals surface area contributed by atoms with Gasteiger partial charge < -0.3 is 20.5 Å². The van der Waals surface area contributed by atoms with Gasteiger partial charge in [-0.3, -0.25) is 0 Å². The van der Waals surface area contributed by atoms with Crippen molar-refractivity contribution in [3.8, 4) is 11.5 Å². The molecule has 0 saturated heterocycles. The molecule has 0 spiro atoms. The molecular weight excluding hydrogens is 486 g/mol. The second-order valence-corrected chi connectivity index (χ2v) is 5.18. The smallest absolute Gasteiger partial charge is 0.387 e. The van der Waals surface area contributed by atoms with Crippen LogP contribution in [0, 0.1) is 5.82 Å². The molecule has 2 aromatic carbocycles. The lowest BCUT2D eigenvalue weighted by Gasteiger charge is -2.11. The summed E-state index contributed by atoms with van der Waals surface area (Å²) in [6.07, 6.45) is 0. The Balaban J connectivity index is 0.00000338. The van der Waals surface area contributed by atoms with E-state index < -0.39 is 12.4 Å². The quantitative estimate of drug-likeness (QED) is 0.344. The number of alkyl halides is 2. The average Bonchev–Trinajstić information content (AvgIpc) is 2.54. The van der Waals surface area contributed by atoms with Gasteiger partial charge in [0, 0.05) is 5.69 Å². The Labute approximate surface area is 170 Å². The minimum Gasteiger partial charge on any atom is -0.495 e. The number of nitrogens with zero attached hydrogens (tertiary/aromatic N) is 1. The number of aliphatic imine (C=N–C) groups is 1. The number of nitrogens with two attached hydrogens (primary N) is 1. The molecule has 0 atom stereocenters. The van der Waals surface area contributed by atoms with Gasteiger partial charge in [-0.05, 0) is 30.3 Å². The van der Waals surface area contributed by atoms with Crippen LogP contribution in [0.2, 0.25) is 5.02 Å². The third kappa shape index (κ3) is 6.13. The first-order valence-corrected chi connectivity index (χ1v) is 7.41. The molecule has 0 amide bonds. The van der Waals surface area contributed by atoms with Crippen LogP contribution in [0.25, 0.3) is 0 Å². The summed E-state index contributed by atoms with van der Waals surface area (Å²) in [6, 6.07) is 8.46. The number of benzene rings is 2. The first-order chi connectivity index (χ1) is 11.9. The maximum absolute atomic E-state index is 13.8. The van der Waals surface area contributed by atoms with Crippen LogP contribution in [0.15, 0.2) is 41.4 Å². The number of anilines is 1. The number of hydrogen-bond donors (Lipinski definition) is 2. The van der Waals surface area contributed by atoms with Gasteiger partial charge in [0.1, 0.15) is 17.3 Å². The van der Waals surface area contributed by atoms with Gasteiger partial charge in [0.2, 0.25) is 0 Å². The van der Waals surface area contributed by atoms with Gasteiger partial charge in [0.25, 0.3) is 0 Å². The van der Waals surface area contributed by atoms with E-state index in [1.807, 2.05) is 0 Å². The molecule has 0 aliphatic rings. The summed E-state index contributed by atoms with van der Waals surface area (Å²) in [5.74, 6) is -0.573. The van der Waals surface area contributed by atoms with Crippen LogP contribution in [0.4, 0.5) is 18.9 Å². The third-order valence-corrected chi connectivity index (χ3v) is 3.42. The zero-order chi connectivity index (χ0) is 18.4. The molecule has 0 saturated carbocycles. The second-order valence-electron chi connectivity index (χ2n) is 4.77. The largest absolute Gasteiger partial charge is 0.495 e. The minimum absolute atomic E-state index is 0. The molecule has 10 heteroatoms. The molecule has 0 heterocycles. The van der Waals surface area contributed by atoms with Crippen LogP contribution in [0.1, 0.15) is 5.56 Å². The van der Waals surface area contributed by atoms with E-state index >= 15 is 0 Å². The topological polar surface area (TPSA) is 68.9 Å². The van der Waals surface area contributed by atoms with E-state index in [4.69, 9.17) is 22.1 Å². The number of ether oxygens (including phenoxy) is 2. The third-order valence-electron chi connectivity index (χ3n) is 3.12. The lowest BCUT2D eigenvalue weighted by atomic mass is 10.2. The molecule has 0 radical (unpaired) electrons. The Hall–Kier alpha value is -1.88.